The molecule has 1 nitrogen and oxygen atoms in total. The molecule has 0 N–H and O–H groups in total. The Kier molecular flexibility index (Phi) is 3.81. The van der Waals surface area contributed by atoms with Gasteiger partial charge in [0.15, 0.2) is 0 Å². The second kappa shape index (κ2) is 5.34. The van der Waals surface area contributed by atoms with E-state index in [1.54, 1.807) is 0 Å². The molecule has 0 fully saturated rings. The Labute approximate surface area is 110 Å². The first-order valence-electron chi connectivity index (χ1n) is 6.59. The van der Waals surface area contributed by atoms with Gasteiger partial charge in [0.25, 0.3) is 0 Å². The highest BCUT2D eigenvalue weighted by Gasteiger charge is 2.04. The van der Waals surface area contributed by atoms with Gasteiger partial charge in [-0.3, -0.25) is 4.98 Å². The molecule has 0 atom stereocenters. The van der Waals surface area contributed by atoms with Gasteiger partial charge in [-0.05, 0) is 42.9 Å². The average molecular weight is 239 g/mol. The Bertz CT molecular complexity index is 524. The fraction of sp³-hybridized carbons (Fsp3) is 0.353. The highest BCUT2D eigenvalue weighted by atomic mass is 14.7. The third-order valence-corrected chi connectivity index (χ3v) is 3.09. The van der Waals surface area contributed by atoms with Crippen molar-refractivity contribution in [3.63, 3.8) is 0 Å². The Balaban J connectivity index is 2.28. The summed E-state index contributed by atoms with van der Waals surface area (Å²) in [6, 6.07) is 11.0. The second-order valence-corrected chi connectivity index (χ2v) is 5.47. The van der Waals surface area contributed by atoms with Crippen LogP contribution in [-0.2, 0) is 6.42 Å². The average Bonchev–Trinajstić information content (AvgIpc) is 2.30. The molecule has 0 aliphatic rings. The molecule has 0 amide bonds. The summed E-state index contributed by atoms with van der Waals surface area (Å²) < 4.78 is 0. The minimum absolute atomic E-state index is 0.704. The van der Waals surface area contributed by atoms with Crippen molar-refractivity contribution in [3.8, 4) is 11.3 Å². The number of aromatic nitrogens is 1. The molecule has 18 heavy (non-hydrogen) atoms. The molecule has 1 heterocycles. The highest BCUT2D eigenvalue weighted by molar-refractivity contribution is 5.63. The second-order valence-electron chi connectivity index (χ2n) is 5.47. The van der Waals surface area contributed by atoms with E-state index in [2.05, 4.69) is 63.0 Å². The Morgan fingerprint density at radius 3 is 2.28 bits per heavy atom. The van der Waals surface area contributed by atoms with Crippen LogP contribution in [-0.4, -0.2) is 4.98 Å². The molecule has 0 saturated heterocycles. The zero-order valence-electron chi connectivity index (χ0n) is 11.7. The zero-order valence-corrected chi connectivity index (χ0v) is 11.7. The maximum absolute atomic E-state index is 4.54. The molecule has 2 aromatic rings. The van der Waals surface area contributed by atoms with Crippen LogP contribution < -0.4 is 0 Å². The first-order chi connectivity index (χ1) is 8.56. The maximum Gasteiger partial charge on any atom is 0.0731 e. The SMILES string of the molecule is Cc1cnc(-c2ccc(CC(C)C)cc2)c(C)c1. The number of hydrogen-bond acceptors (Lipinski definition) is 1. The summed E-state index contributed by atoms with van der Waals surface area (Å²) in [6.45, 7) is 8.70. The minimum Gasteiger partial charge on any atom is -0.256 e. The predicted octanol–water partition coefficient (Wildman–Crippen LogP) is 4.56. The van der Waals surface area contributed by atoms with Crippen molar-refractivity contribution >= 4 is 0 Å². The molecule has 1 heteroatoms. The lowest BCUT2D eigenvalue weighted by Crippen LogP contribution is -1.94. The van der Waals surface area contributed by atoms with Gasteiger partial charge in [-0.2, -0.15) is 0 Å². The summed E-state index contributed by atoms with van der Waals surface area (Å²) >= 11 is 0. The molecule has 0 aliphatic heterocycles. The lowest BCUT2D eigenvalue weighted by Gasteiger charge is -2.08. The molecule has 0 saturated carbocycles. The fourth-order valence-electron chi connectivity index (χ4n) is 2.29. The zero-order chi connectivity index (χ0) is 13.1. The largest absolute Gasteiger partial charge is 0.256 e. The number of hydrogen-bond donors (Lipinski definition) is 0. The van der Waals surface area contributed by atoms with E-state index in [4.69, 9.17) is 0 Å². The van der Waals surface area contributed by atoms with Gasteiger partial charge in [0.05, 0.1) is 5.69 Å². The number of benzene rings is 1. The fourth-order valence-corrected chi connectivity index (χ4v) is 2.29. The van der Waals surface area contributed by atoms with Gasteiger partial charge in [0.2, 0.25) is 0 Å². The van der Waals surface area contributed by atoms with Crippen LogP contribution in [0.5, 0.6) is 0 Å². The Hall–Kier alpha value is -1.63. The van der Waals surface area contributed by atoms with Crippen molar-refractivity contribution in [3.05, 3.63) is 53.2 Å². The van der Waals surface area contributed by atoms with Gasteiger partial charge < -0.3 is 0 Å². The van der Waals surface area contributed by atoms with E-state index in [9.17, 15) is 0 Å². The molecule has 1 aromatic carbocycles. The summed E-state index contributed by atoms with van der Waals surface area (Å²) in [5.74, 6) is 0.704. The van der Waals surface area contributed by atoms with Crippen molar-refractivity contribution in [2.75, 3.05) is 0 Å². The van der Waals surface area contributed by atoms with E-state index in [0.29, 0.717) is 5.92 Å². The number of nitrogens with zero attached hydrogens (tertiary/aromatic N) is 1. The third kappa shape index (κ3) is 2.98. The van der Waals surface area contributed by atoms with E-state index in [-0.39, 0.29) is 0 Å². The molecule has 1 aromatic heterocycles. The molecular formula is C17H21N. The van der Waals surface area contributed by atoms with E-state index < -0.39 is 0 Å². The van der Waals surface area contributed by atoms with Gasteiger partial charge in [-0.1, -0.05) is 44.2 Å². The van der Waals surface area contributed by atoms with Gasteiger partial charge in [-0.15, -0.1) is 0 Å². The van der Waals surface area contributed by atoms with Crippen molar-refractivity contribution in [1.29, 1.82) is 0 Å². The summed E-state index contributed by atoms with van der Waals surface area (Å²) in [6.07, 6.45) is 3.07. The summed E-state index contributed by atoms with van der Waals surface area (Å²) in [4.78, 5) is 4.54. The molecule has 2 rings (SSSR count). The van der Waals surface area contributed by atoms with Crippen LogP contribution in [0.25, 0.3) is 11.3 Å². The maximum atomic E-state index is 4.54. The molecule has 0 bridgehead atoms. The van der Waals surface area contributed by atoms with Crippen LogP contribution in [0.15, 0.2) is 36.5 Å². The van der Waals surface area contributed by atoms with Gasteiger partial charge in [0, 0.05) is 11.8 Å². The summed E-state index contributed by atoms with van der Waals surface area (Å²) in [5, 5.41) is 0. The van der Waals surface area contributed by atoms with Crippen molar-refractivity contribution in [1.82, 2.24) is 4.98 Å². The van der Waals surface area contributed by atoms with Gasteiger partial charge in [0.1, 0.15) is 0 Å². The Morgan fingerprint density at radius 2 is 1.72 bits per heavy atom. The monoisotopic (exact) mass is 239 g/mol. The van der Waals surface area contributed by atoms with Crippen LogP contribution in [0.2, 0.25) is 0 Å². The molecular weight excluding hydrogens is 218 g/mol. The van der Waals surface area contributed by atoms with Crippen LogP contribution >= 0.6 is 0 Å². The molecule has 0 unspecified atom stereocenters. The predicted molar refractivity (Wildman–Crippen MR) is 77.7 cm³/mol. The standard InChI is InChI=1S/C17H21N/c1-12(2)9-15-5-7-16(8-6-15)17-14(4)10-13(3)11-18-17/h5-8,10-12H,9H2,1-4H3. The molecule has 0 radical (unpaired) electrons. The highest BCUT2D eigenvalue weighted by Crippen LogP contribution is 2.22. The van der Waals surface area contributed by atoms with Crippen molar-refractivity contribution in [2.45, 2.75) is 34.1 Å². The van der Waals surface area contributed by atoms with Crippen molar-refractivity contribution < 1.29 is 0 Å². The van der Waals surface area contributed by atoms with E-state index >= 15 is 0 Å². The van der Waals surface area contributed by atoms with Crippen LogP contribution in [0.4, 0.5) is 0 Å². The summed E-state index contributed by atoms with van der Waals surface area (Å²) in [5.41, 5.74) is 6.16. The molecule has 94 valence electrons. The minimum atomic E-state index is 0.704. The van der Waals surface area contributed by atoms with E-state index in [1.165, 1.54) is 22.3 Å². The molecule has 0 spiro atoms. The first kappa shape index (κ1) is 12.8. The normalized spacial score (nSPS) is 10.9. The smallest absolute Gasteiger partial charge is 0.0731 e. The van der Waals surface area contributed by atoms with Gasteiger partial charge in [-0.25, -0.2) is 0 Å². The van der Waals surface area contributed by atoms with Crippen LogP contribution in [0.3, 0.4) is 0 Å². The summed E-state index contributed by atoms with van der Waals surface area (Å²) in [7, 11) is 0. The number of rotatable bonds is 3. The van der Waals surface area contributed by atoms with Gasteiger partial charge >= 0.3 is 0 Å². The van der Waals surface area contributed by atoms with Crippen LogP contribution in [0.1, 0.15) is 30.5 Å². The van der Waals surface area contributed by atoms with Crippen molar-refractivity contribution in [2.24, 2.45) is 5.92 Å². The first-order valence-corrected chi connectivity index (χ1v) is 6.59. The Morgan fingerprint density at radius 1 is 1.06 bits per heavy atom. The lowest BCUT2D eigenvalue weighted by atomic mass is 9.99. The molecule has 0 aliphatic carbocycles. The number of pyridine rings is 1. The number of aryl methyl sites for hydroxylation is 2. The lowest BCUT2D eigenvalue weighted by molar-refractivity contribution is 0.647. The van der Waals surface area contributed by atoms with Crippen LogP contribution in [0, 0.1) is 19.8 Å². The quantitative estimate of drug-likeness (QED) is 0.765. The van der Waals surface area contributed by atoms with E-state index in [0.717, 1.165) is 12.1 Å². The topological polar surface area (TPSA) is 12.9 Å². The third-order valence-electron chi connectivity index (χ3n) is 3.09. The van der Waals surface area contributed by atoms with E-state index in [1.807, 2.05) is 6.20 Å².